The molecular weight excluding hydrogens is 372 g/mol. The lowest BCUT2D eigenvalue weighted by Gasteiger charge is -2.13. The summed E-state index contributed by atoms with van der Waals surface area (Å²) in [6, 6.07) is 12.4. The maximum atomic E-state index is 12.5. The fourth-order valence-corrected chi connectivity index (χ4v) is 2.81. The lowest BCUT2D eigenvalue weighted by Crippen LogP contribution is -2.26. The van der Waals surface area contributed by atoms with E-state index >= 15 is 0 Å². The molecule has 0 fully saturated rings. The average molecular weight is 394 g/mol. The third kappa shape index (κ3) is 4.66. The van der Waals surface area contributed by atoms with E-state index in [1.807, 2.05) is 30.3 Å². The number of hydrogen-bond acceptors (Lipinski definition) is 6. The first-order valence-corrected chi connectivity index (χ1v) is 9.24. The van der Waals surface area contributed by atoms with Crippen LogP contribution in [0.2, 0.25) is 0 Å². The van der Waals surface area contributed by atoms with Crippen LogP contribution in [0.3, 0.4) is 0 Å². The summed E-state index contributed by atoms with van der Waals surface area (Å²) < 4.78 is 21.5. The summed E-state index contributed by atoms with van der Waals surface area (Å²) >= 11 is 0. The van der Waals surface area contributed by atoms with Gasteiger partial charge in [-0.15, -0.1) is 0 Å². The quantitative estimate of drug-likeness (QED) is 0.518. The summed E-state index contributed by atoms with van der Waals surface area (Å²) in [6.07, 6.45) is 4.42. The summed E-state index contributed by atoms with van der Waals surface area (Å²) in [7, 11) is 1.61. The lowest BCUT2D eigenvalue weighted by atomic mass is 10.1. The first-order chi connectivity index (χ1) is 14.0. The molecule has 0 N–H and O–H groups in total. The van der Waals surface area contributed by atoms with Gasteiger partial charge in [-0.3, -0.25) is 4.79 Å². The summed E-state index contributed by atoms with van der Waals surface area (Å²) in [5, 5.41) is 0. The number of ether oxygens (including phenoxy) is 4. The Morgan fingerprint density at radius 2 is 2.00 bits per heavy atom. The van der Waals surface area contributed by atoms with Crippen molar-refractivity contribution in [2.45, 2.75) is 20.0 Å². The topological polar surface area (TPSA) is 71.1 Å². The molecule has 0 amide bonds. The minimum atomic E-state index is -0.760. The van der Waals surface area contributed by atoms with Crippen molar-refractivity contribution in [3.05, 3.63) is 71.5 Å². The fourth-order valence-electron chi connectivity index (χ4n) is 2.81. The van der Waals surface area contributed by atoms with Crippen LogP contribution in [-0.2, 0) is 9.53 Å². The SMILES string of the molecule is CCOC(=O)[C@@H](C)Oc1ccc2c(c1)O/C(=C\C=C\c1ccccc1OC)C2=O. The van der Waals surface area contributed by atoms with Crippen LogP contribution in [0.5, 0.6) is 17.2 Å². The number of hydrogen-bond donors (Lipinski definition) is 0. The molecule has 0 aromatic heterocycles. The number of ketones is 1. The van der Waals surface area contributed by atoms with Crippen LogP contribution in [-0.4, -0.2) is 31.6 Å². The van der Waals surface area contributed by atoms with Gasteiger partial charge in [0.05, 0.1) is 19.3 Å². The monoisotopic (exact) mass is 394 g/mol. The molecular formula is C23H22O6. The first-order valence-electron chi connectivity index (χ1n) is 9.24. The van der Waals surface area contributed by atoms with Gasteiger partial charge in [0, 0.05) is 11.6 Å². The standard InChI is InChI=1S/C23H22O6/c1-4-27-23(25)15(2)28-17-12-13-18-21(14-17)29-20(22(18)24)11-7-9-16-8-5-6-10-19(16)26-3/h5-15H,4H2,1-3H3/b9-7+,20-11-/t15-/m1/s1. The molecule has 0 unspecified atom stereocenters. The van der Waals surface area contributed by atoms with Crippen molar-refractivity contribution in [1.29, 1.82) is 0 Å². The highest BCUT2D eigenvalue weighted by atomic mass is 16.6. The second-order valence-electron chi connectivity index (χ2n) is 6.23. The maximum Gasteiger partial charge on any atom is 0.347 e. The molecule has 1 aliphatic rings. The zero-order valence-corrected chi connectivity index (χ0v) is 16.5. The normalized spacial score (nSPS) is 15.1. The Kier molecular flexibility index (Phi) is 6.34. The van der Waals surface area contributed by atoms with E-state index in [-0.39, 0.29) is 18.1 Å². The third-order valence-electron chi connectivity index (χ3n) is 4.24. The molecule has 150 valence electrons. The molecule has 0 saturated heterocycles. The molecule has 0 bridgehead atoms. The number of para-hydroxylation sites is 1. The summed E-state index contributed by atoms with van der Waals surface area (Å²) in [4.78, 5) is 24.2. The van der Waals surface area contributed by atoms with Crippen LogP contribution in [0, 0.1) is 0 Å². The molecule has 3 rings (SSSR count). The molecule has 1 heterocycles. The summed E-state index contributed by atoms with van der Waals surface area (Å²) in [6.45, 7) is 3.62. The Hall–Kier alpha value is -3.54. The minimum absolute atomic E-state index is 0.210. The molecule has 29 heavy (non-hydrogen) atoms. The van der Waals surface area contributed by atoms with Crippen molar-refractivity contribution in [3.63, 3.8) is 0 Å². The van der Waals surface area contributed by atoms with Gasteiger partial charge in [-0.1, -0.05) is 30.4 Å². The van der Waals surface area contributed by atoms with Crippen LogP contribution in [0.1, 0.15) is 29.8 Å². The van der Waals surface area contributed by atoms with Crippen LogP contribution < -0.4 is 14.2 Å². The van der Waals surface area contributed by atoms with Crippen molar-refractivity contribution < 1.29 is 28.5 Å². The Balaban J connectivity index is 1.72. The van der Waals surface area contributed by atoms with E-state index in [0.717, 1.165) is 11.3 Å². The molecule has 0 radical (unpaired) electrons. The van der Waals surface area contributed by atoms with Gasteiger partial charge in [0.15, 0.2) is 11.9 Å². The molecule has 2 aromatic carbocycles. The van der Waals surface area contributed by atoms with Gasteiger partial charge in [0.1, 0.15) is 17.2 Å². The van der Waals surface area contributed by atoms with Gasteiger partial charge in [0.2, 0.25) is 5.78 Å². The van der Waals surface area contributed by atoms with Gasteiger partial charge in [-0.25, -0.2) is 4.79 Å². The molecule has 0 saturated carbocycles. The highest BCUT2D eigenvalue weighted by Gasteiger charge is 2.27. The van der Waals surface area contributed by atoms with E-state index in [1.165, 1.54) is 0 Å². The lowest BCUT2D eigenvalue weighted by molar-refractivity contribution is -0.150. The molecule has 0 aliphatic carbocycles. The third-order valence-corrected chi connectivity index (χ3v) is 4.24. The summed E-state index contributed by atoms with van der Waals surface area (Å²) in [5.74, 6) is 1.09. The molecule has 2 aromatic rings. The number of Topliss-reactive ketones (excluding diaryl/α,β-unsaturated/α-hetero) is 1. The predicted octanol–water partition coefficient (Wildman–Crippen LogP) is 4.20. The van der Waals surface area contributed by atoms with Crippen LogP contribution >= 0.6 is 0 Å². The highest BCUT2D eigenvalue weighted by Crippen LogP contribution is 2.34. The van der Waals surface area contributed by atoms with Crippen molar-refractivity contribution in [2.24, 2.45) is 0 Å². The Labute approximate surface area is 169 Å². The minimum Gasteiger partial charge on any atom is -0.496 e. The van der Waals surface area contributed by atoms with Crippen molar-refractivity contribution in [3.8, 4) is 17.2 Å². The first kappa shape index (κ1) is 20.2. The fraction of sp³-hybridized carbons (Fsp3) is 0.217. The molecule has 6 nitrogen and oxygen atoms in total. The number of fused-ring (bicyclic) bond motifs is 1. The maximum absolute atomic E-state index is 12.5. The van der Waals surface area contributed by atoms with Gasteiger partial charge in [-0.2, -0.15) is 0 Å². The van der Waals surface area contributed by atoms with E-state index in [1.54, 1.807) is 51.3 Å². The number of benzene rings is 2. The Morgan fingerprint density at radius 1 is 1.21 bits per heavy atom. The second-order valence-corrected chi connectivity index (χ2v) is 6.23. The number of methoxy groups -OCH3 is 1. The number of carbonyl (C=O) groups is 2. The smallest absolute Gasteiger partial charge is 0.347 e. The molecule has 1 atom stereocenters. The van der Waals surface area contributed by atoms with Crippen molar-refractivity contribution >= 4 is 17.8 Å². The van der Waals surface area contributed by atoms with E-state index in [0.29, 0.717) is 17.1 Å². The Morgan fingerprint density at radius 3 is 2.76 bits per heavy atom. The number of esters is 1. The number of allylic oxidation sites excluding steroid dienone is 3. The van der Waals surface area contributed by atoms with E-state index in [2.05, 4.69) is 0 Å². The van der Waals surface area contributed by atoms with Gasteiger partial charge < -0.3 is 18.9 Å². The van der Waals surface area contributed by atoms with Crippen molar-refractivity contribution in [1.82, 2.24) is 0 Å². The van der Waals surface area contributed by atoms with Crippen LogP contribution in [0.15, 0.2) is 60.4 Å². The summed E-state index contributed by atoms with van der Waals surface area (Å²) in [5.41, 5.74) is 1.33. The zero-order chi connectivity index (χ0) is 20.8. The number of carbonyl (C=O) groups excluding carboxylic acids is 2. The zero-order valence-electron chi connectivity index (χ0n) is 16.5. The van der Waals surface area contributed by atoms with Gasteiger partial charge >= 0.3 is 5.97 Å². The van der Waals surface area contributed by atoms with Crippen LogP contribution in [0.25, 0.3) is 6.08 Å². The predicted molar refractivity (Wildman–Crippen MR) is 108 cm³/mol. The molecule has 6 heteroatoms. The van der Waals surface area contributed by atoms with Gasteiger partial charge in [-0.05, 0) is 38.1 Å². The van der Waals surface area contributed by atoms with Gasteiger partial charge in [0.25, 0.3) is 0 Å². The molecule has 0 spiro atoms. The van der Waals surface area contributed by atoms with E-state index < -0.39 is 12.1 Å². The number of rotatable bonds is 7. The van der Waals surface area contributed by atoms with Crippen LogP contribution in [0.4, 0.5) is 0 Å². The van der Waals surface area contributed by atoms with Crippen molar-refractivity contribution in [2.75, 3.05) is 13.7 Å². The Bertz CT molecular complexity index is 973. The largest absolute Gasteiger partial charge is 0.496 e. The second kappa shape index (κ2) is 9.10. The van der Waals surface area contributed by atoms with E-state index in [9.17, 15) is 9.59 Å². The highest BCUT2D eigenvalue weighted by molar-refractivity contribution is 6.12. The average Bonchev–Trinajstić information content (AvgIpc) is 3.03. The van der Waals surface area contributed by atoms with E-state index in [4.69, 9.17) is 18.9 Å². The molecule has 1 aliphatic heterocycles.